The van der Waals surface area contributed by atoms with E-state index in [9.17, 15) is 0 Å². The molecule has 0 aliphatic carbocycles. The van der Waals surface area contributed by atoms with Crippen LogP contribution < -0.4 is 15.4 Å². The van der Waals surface area contributed by atoms with Gasteiger partial charge in [0, 0.05) is 32.1 Å². The summed E-state index contributed by atoms with van der Waals surface area (Å²) in [6.45, 7) is 7.22. The maximum Gasteiger partial charge on any atom is 0.191 e. The summed E-state index contributed by atoms with van der Waals surface area (Å²) in [4.78, 5) is 4.35. The molecule has 2 N–H and O–H groups in total. The molecule has 2 atom stereocenters. The predicted molar refractivity (Wildman–Crippen MR) is 130 cm³/mol. The van der Waals surface area contributed by atoms with E-state index in [1.54, 1.807) is 7.05 Å². The zero-order valence-electron chi connectivity index (χ0n) is 17.5. The van der Waals surface area contributed by atoms with E-state index in [0.717, 1.165) is 36.8 Å². The third kappa shape index (κ3) is 7.19. The highest BCUT2D eigenvalue weighted by molar-refractivity contribution is 14.0. The average molecular weight is 509 g/mol. The van der Waals surface area contributed by atoms with E-state index in [4.69, 9.17) is 9.47 Å². The lowest BCUT2D eigenvalue weighted by Crippen LogP contribution is -2.38. The smallest absolute Gasteiger partial charge is 0.191 e. The second-order valence-corrected chi connectivity index (χ2v) is 7.33. The normalized spacial score (nSPS) is 17.3. The van der Waals surface area contributed by atoms with E-state index < -0.39 is 0 Å². The molecule has 2 unspecified atom stereocenters. The molecule has 6 heteroatoms. The van der Waals surface area contributed by atoms with Crippen LogP contribution in [0.1, 0.15) is 36.0 Å². The fraction of sp³-hybridized carbons (Fsp3) is 0.435. The standard InChI is InChI=1S/C23H31N3O2.HI/c1-17-9-10-20(22(13-17)28-21-11-12-27-16-21)15-26-23(24-3)25-14-18(2)19-7-5-4-6-8-19;/h4-10,13,18,21H,11-12,14-16H2,1-3H3,(H2,24,25,26);1H. The molecule has 158 valence electrons. The van der Waals surface area contributed by atoms with Gasteiger partial charge in [0.15, 0.2) is 5.96 Å². The number of halogens is 1. The Morgan fingerprint density at radius 1 is 1.21 bits per heavy atom. The Morgan fingerprint density at radius 2 is 2.00 bits per heavy atom. The second kappa shape index (κ2) is 12.0. The monoisotopic (exact) mass is 509 g/mol. The Kier molecular flexibility index (Phi) is 9.73. The third-order valence-electron chi connectivity index (χ3n) is 5.02. The Bertz CT molecular complexity index is 777. The highest BCUT2D eigenvalue weighted by Gasteiger charge is 2.18. The first-order valence-electron chi connectivity index (χ1n) is 9.99. The predicted octanol–water partition coefficient (Wildman–Crippen LogP) is 4.25. The number of aryl methyl sites for hydroxylation is 1. The first-order chi connectivity index (χ1) is 13.7. The van der Waals surface area contributed by atoms with Gasteiger partial charge >= 0.3 is 0 Å². The van der Waals surface area contributed by atoms with Crippen molar-refractivity contribution in [3.05, 3.63) is 65.2 Å². The Morgan fingerprint density at radius 3 is 2.69 bits per heavy atom. The summed E-state index contributed by atoms with van der Waals surface area (Å²) in [6, 6.07) is 16.8. The van der Waals surface area contributed by atoms with Crippen LogP contribution in [-0.4, -0.2) is 38.9 Å². The number of ether oxygens (including phenoxy) is 2. The number of nitrogens with one attached hydrogen (secondary N) is 2. The summed E-state index contributed by atoms with van der Waals surface area (Å²) in [6.07, 6.45) is 1.09. The van der Waals surface area contributed by atoms with Crippen molar-refractivity contribution in [1.29, 1.82) is 0 Å². The van der Waals surface area contributed by atoms with Gasteiger partial charge in [-0.25, -0.2) is 0 Å². The largest absolute Gasteiger partial charge is 0.488 e. The highest BCUT2D eigenvalue weighted by Crippen LogP contribution is 2.23. The fourth-order valence-corrected chi connectivity index (χ4v) is 3.25. The number of hydrogen-bond acceptors (Lipinski definition) is 3. The van der Waals surface area contributed by atoms with Crippen molar-refractivity contribution >= 4 is 29.9 Å². The van der Waals surface area contributed by atoms with Crippen molar-refractivity contribution in [2.45, 2.75) is 38.8 Å². The van der Waals surface area contributed by atoms with Gasteiger partial charge in [0.25, 0.3) is 0 Å². The zero-order valence-corrected chi connectivity index (χ0v) is 19.8. The van der Waals surface area contributed by atoms with Gasteiger partial charge in [-0.05, 0) is 30.0 Å². The van der Waals surface area contributed by atoms with Crippen molar-refractivity contribution in [2.24, 2.45) is 4.99 Å². The SMILES string of the molecule is CN=C(NCc1ccc(C)cc1OC1CCOC1)NCC(C)c1ccccc1.I. The molecule has 2 aromatic rings. The summed E-state index contributed by atoms with van der Waals surface area (Å²) in [5, 5.41) is 6.82. The molecule has 0 spiro atoms. The van der Waals surface area contributed by atoms with Gasteiger partial charge in [-0.15, -0.1) is 24.0 Å². The topological polar surface area (TPSA) is 54.9 Å². The first kappa shape index (κ1) is 23.5. The highest BCUT2D eigenvalue weighted by atomic mass is 127. The molecule has 1 fully saturated rings. The molecule has 3 rings (SSSR count). The van der Waals surface area contributed by atoms with E-state index in [-0.39, 0.29) is 30.1 Å². The quantitative estimate of drug-likeness (QED) is 0.333. The number of nitrogens with zero attached hydrogens (tertiary/aromatic N) is 1. The molecule has 29 heavy (non-hydrogen) atoms. The average Bonchev–Trinajstić information content (AvgIpc) is 3.23. The molecule has 0 bridgehead atoms. The van der Waals surface area contributed by atoms with E-state index in [0.29, 0.717) is 19.1 Å². The molecule has 2 aromatic carbocycles. The maximum atomic E-state index is 6.18. The van der Waals surface area contributed by atoms with Crippen LogP contribution in [-0.2, 0) is 11.3 Å². The minimum Gasteiger partial charge on any atom is -0.488 e. The summed E-state index contributed by atoms with van der Waals surface area (Å²) < 4.78 is 11.6. The van der Waals surface area contributed by atoms with Crippen molar-refractivity contribution in [1.82, 2.24) is 10.6 Å². The molecule has 0 amide bonds. The van der Waals surface area contributed by atoms with E-state index >= 15 is 0 Å². The number of aliphatic imine (C=N–C) groups is 1. The molecule has 5 nitrogen and oxygen atoms in total. The second-order valence-electron chi connectivity index (χ2n) is 7.33. The lowest BCUT2D eigenvalue weighted by Gasteiger charge is -2.19. The molecule has 1 aliphatic rings. The molecule has 1 saturated heterocycles. The van der Waals surface area contributed by atoms with Crippen LogP contribution in [0.4, 0.5) is 0 Å². The van der Waals surface area contributed by atoms with Crippen molar-refractivity contribution in [3.63, 3.8) is 0 Å². The molecular formula is C23H32IN3O2. The van der Waals surface area contributed by atoms with Gasteiger partial charge in [-0.1, -0.05) is 49.4 Å². The minimum atomic E-state index is 0. The summed E-state index contributed by atoms with van der Waals surface area (Å²) >= 11 is 0. The van der Waals surface area contributed by atoms with Crippen LogP contribution in [0.2, 0.25) is 0 Å². The molecule has 1 heterocycles. The summed E-state index contributed by atoms with van der Waals surface area (Å²) in [7, 11) is 1.80. The van der Waals surface area contributed by atoms with Crippen LogP contribution in [0, 0.1) is 6.92 Å². The lowest BCUT2D eigenvalue weighted by molar-refractivity contribution is 0.140. The van der Waals surface area contributed by atoms with E-state index in [2.05, 4.69) is 71.9 Å². The molecule has 0 aromatic heterocycles. The van der Waals surface area contributed by atoms with E-state index in [1.807, 2.05) is 6.07 Å². The van der Waals surface area contributed by atoms with Gasteiger partial charge in [0.1, 0.15) is 11.9 Å². The van der Waals surface area contributed by atoms with Gasteiger partial charge in [-0.3, -0.25) is 4.99 Å². The van der Waals surface area contributed by atoms with Gasteiger partial charge in [0.2, 0.25) is 0 Å². The maximum absolute atomic E-state index is 6.18. The van der Waals surface area contributed by atoms with Gasteiger partial charge in [-0.2, -0.15) is 0 Å². The Balaban J connectivity index is 0.00000300. The molecule has 0 radical (unpaired) electrons. The van der Waals surface area contributed by atoms with Crippen LogP contribution >= 0.6 is 24.0 Å². The van der Waals surface area contributed by atoms with Gasteiger partial charge in [0.05, 0.1) is 13.2 Å². The summed E-state index contributed by atoms with van der Waals surface area (Å²) in [5.74, 6) is 2.12. The molecule has 1 aliphatic heterocycles. The first-order valence-corrected chi connectivity index (χ1v) is 9.99. The van der Waals surface area contributed by atoms with Crippen LogP contribution in [0.5, 0.6) is 5.75 Å². The zero-order chi connectivity index (χ0) is 19.8. The van der Waals surface area contributed by atoms with Crippen molar-refractivity contribution < 1.29 is 9.47 Å². The van der Waals surface area contributed by atoms with Crippen LogP contribution in [0.15, 0.2) is 53.5 Å². The number of guanidine groups is 1. The number of benzene rings is 2. The van der Waals surface area contributed by atoms with Crippen molar-refractivity contribution in [3.8, 4) is 5.75 Å². The van der Waals surface area contributed by atoms with Crippen molar-refractivity contribution in [2.75, 3.05) is 26.8 Å². The third-order valence-corrected chi connectivity index (χ3v) is 5.02. The van der Waals surface area contributed by atoms with E-state index in [1.165, 1.54) is 11.1 Å². The molecular weight excluding hydrogens is 477 g/mol. The Hall–Kier alpha value is -1.80. The van der Waals surface area contributed by atoms with Crippen LogP contribution in [0.25, 0.3) is 0 Å². The lowest BCUT2D eigenvalue weighted by atomic mass is 10.0. The number of rotatable bonds is 7. The molecule has 0 saturated carbocycles. The number of hydrogen-bond donors (Lipinski definition) is 2. The minimum absolute atomic E-state index is 0. The Labute approximate surface area is 191 Å². The fourth-order valence-electron chi connectivity index (χ4n) is 3.25. The van der Waals surface area contributed by atoms with Gasteiger partial charge < -0.3 is 20.1 Å². The van der Waals surface area contributed by atoms with Crippen LogP contribution in [0.3, 0.4) is 0 Å². The summed E-state index contributed by atoms with van der Waals surface area (Å²) in [5.41, 5.74) is 3.63.